The van der Waals surface area contributed by atoms with Crippen molar-refractivity contribution in [2.45, 2.75) is 17.7 Å². The molecule has 1 aromatic heterocycles. The largest absolute Gasteiger partial charge is 0.497 e. The van der Waals surface area contributed by atoms with Gasteiger partial charge < -0.3 is 9.84 Å². The van der Waals surface area contributed by atoms with Crippen molar-refractivity contribution >= 4 is 26.9 Å². The Morgan fingerprint density at radius 1 is 0.968 bits per heavy atom. The number of carbonyl (C=O) groups is 1. The molecular formula is C24H21NO5S. The van der Waals surface area contributed by atoms with Crippen LogP contribution in [-0.4, -0.2) is 30.6 Å². The molecule has 4 aromatic rings. The van der Waals surface area contributed by atoms with Crippen LogP contribution in [0, 0.1) is 0 Å². The third-order valence-corrected chi connectivity index (χ3v) is 6.84. The first kappa shape index (κ1) is 20.7. The maximum absolute atomic E-state index is 13.6. The highest BCUT2D eigenvalue weighted by Crippen LogP contribution is 2.31. The number of rotatable bonds is 7. The Morgan fingerprint density at radius 3 is 2.42 bits per heavy atom. The van der Waals surface area contributed by atoms with Crippen molar-refractivity contribution in [2.75, 3.05) is 7.11 Å². The first-order valence-corrected chi connectivity index (χ1v) is 11.1. The molecule has 0 bridgehead atoms. The Kier molecular flexibility index (Phi) is 5.52. The van der Waals surface area contributed by atoms with E-state index in [4.69, 9.17) is 9.84 Å². The minimum absolute atomic E-state index is 0.0974. The molecule has 1 N–H and O–H groups in total. The van der Waals surface area contributed by atoms with Crippen molar-refractivity contribution in [3.8, 4) is 16.9 Å². The molecule has 0 aliphatic carbocycles. The Hall–Kier alpha value is -3.58. The summed E-state index contributed by atoms with van der Waals surface area (Å²) >= 11 is 0. The summed E-state index contributed by atoms with van der Waals surface area (Å²) in [4.78, 5) is 11.2. The number of methoxy groups -OCH3 is 1. The molecule has 1 heterocycles. The lowest BCUT2D eigenvalue weighted by molar-refractivity contribution is -0.136. The van der Waals surface area contributed by atoms with Gasteiger partial charge in [0.1, 0.15) is 5.75 Å². The summed E-state index contributed by atoms with van der Waals surface area (Å²) < 4.78 is 33.6. The second kappa shape index (κ2) is 8.28. The van der Waals surface area contributed by atoms with Gasteiger partial charge in [-0.2, -0.15) is 0 Å². The molecule has 4 rings (SSSR count). The molecule has 158 valence electrons. The van der Waals surface area contributed by atoms with Crippen LogP contribution in [0.25, 0.3) is 22.0 Å². The number of aryl methyl sites for hydroxylation is 1. The first-order valence-electron chi connectivity index (χ1n) is 9.71. The average molecular weight is 436 g/mol. The van der Waals surface area contributed by atoms with Crippen molar-refractivity contribution in [2.24, 2.45) is 0 Å². The average Bonchev–Trinajstić information content (AvgIpc) is 3.17. The monoisotopic (exact) mass is 435 g/mol. The SMILES string of the molecule is COc1ccc2c(c1)c(CCC(=O)O)cn2S(=O)(=O)c1cccc(-c2ccccc2)c1. The molecule has 0 amide bonds. The fourth-order valence-corrected chi connectivity index (χ4v) is 5.03. The van der Waals surface area contributed by atoms with Gasteiger partial charge in [0.25, 0.3) is 10.0 Å². The van der Waals surface area contributed by atoms with Crippen molar-refractivity contribution in [1.82, 2.24) is 3.97 Å². The molecule has 3 aromatic carbocycles. The van der Waals surface area contributed by atoms with E-state index >= 15 is 0 Å². The van der Waals surface area contributed by atoms with Gasteiger partial charge in [0.2, 0.25) is 0 Å². The minimum Gasteiger partial charge on any atom is -0.497 e. The molecule has 0 radical (unpaired) electrons. The number of carboxylic acids is 1. The molecule has 0 unspecified atom stereocenters. The maximum Gasteiger partial charge on any atom is 0.303 e. The number of carboxylic acid groups (broad SMARTS) is 1. The van der Waals surface area contributed by atoms with Crippen LogP contribution in [0.2, 0.25) is 0 Å². The predicted molar refractivity (Wildman–Crippen MR) is 119 cm³/mol. The number of fused-ring (bicyclic) bond motifs is 1. The van der Waals surface area contributed by atoms with Gasteiger partial charge in [-0.15, -0.1) is 0 Å². The summed E-state index contributed by atoms with van der Waals surface area (Å²) in [7, 11) is -2.38. The standard InChI is InChI=1S/C24H21NO5S/c1-30-20-11-12-23-22(15-20)19(10-13-24(26)27)16-25(23)31(28,29)21-9-5-8-18(14-21)17-6-3-2-4-7-17/h2-9,11-12,14-16H,10,13H2,1H3,(H,26,27). The van der Waals surface area contributed by atoms with Crippen LogP contribution in [0.15, 0.2) is 83.9 Å². The van der Waals surface area contributed by atoms with Crippen LogP contribution in [0.1, 0.15) is 12.0 Å². The van der Waals surface area contributed by atoms with Gasteiger partial charge in [-0.25, -0.2) is 12.4 Å². The lowest BCUT2D eigenvalue weighted by Gasteiger charge is -2.10. The van der Waals surface area contributed by atoms with E-state index in [0.717, 1.165) is 11.1 Å². The molecule has 0 fully saturated rings. The summed E-state index contributed by atoms with van der Waals surface area (Å²) in [5.41, 5.74) is 2.83. The van der Waals surface area contributed by atoms with E-state index in [1.807, 2.05) is 36.4 Å². The molecule has 0 atom stereocenters. The minimum atomic E-state index is -3.90. The Labute approximate surface area is 180 Å². The number of aliphatic carboxylic acids is 1. The summed E-state index contributed by atoms with van der Waals surface area (Å²) in [6, 6.07) is 21.5. The Balaban J connectivity index is 1.85. The second-order valence-electron chi connectivity index (χ2n) is 7.13. The molecule has 7 heteroatoms. The summed E-state index contributed by atoms with van der Waals surface area (Å²) in [6.45, 7) is 0. The third-order valence-electron chi connectivity index (χ3n) is 5.17. The van der Waals surface area contributed by atoms with E-state index in [1.54, 1.807) is 36.4 Å². The Bertz CT molecular complexity index is 1360. The van der Waals surface area contributed by atoms with Gasteiger partial charge >= 0.3 is 5.97 Å². The van der Waals surface area contributed by atoms with Gasteiger partial charge in [0.05, 0.1) is 17.5 Å². The number of ether oxygens (including phenoxy) is 1. The zero-order chi connectivity index (χ0) is 22.0. The van der Waals surface area contributed by atoms with Crippen molar-refractivity contribution in [1.29, 1.82) is 0 Å². The first-order chi connectivity index (χ1) is 14.9. The molecule has 6 nitrogen and oxygen atoms in total. The highest BCUT2D eigenvalue weighted by molar-refractivity contribution is 7.90. The quantitative estimate of drug-likeness (QED) is 0.460. The number of hydrogen-bond acceptors (Lipinski definition) is 4. The third kappa shape index (κ3) is 4.04. The van der Waals surface area contributed by atoms with Gasteiger partial charge in [-0.3, -0.25) is 4.79 Å². The summed E-state index contributed by atoms with van der Waals surface area (Å²) in [6.07, 6.45) is 1.63. The molecule has 31 heavy (non-hydrogen) atoms. The van der Waals surface area contributed by atoms with Gasteiger partial charge in [0.15, 0.2) is 0 Å². The van der Waals surface area contributed by atoms with Crippen LogP contribution in [-0.2, 0) is 21.2 Å². The lowest BCUT2D eigenvalue weighted by Crippen LogP contribution is -2.12. The number of nitrogens with zero attached hydrogens (tertiary/aromatic N) is 1. The van der Waals surface area contributed by atoms with E-state index in [0.29, 0.717) is 22.2 Å². The normalized spacial score (nSPS) is 11.5. The van der Waals surface area contributed by atoms with Crippen LogP contribution in [0.5, 0.6) is 5.75 Å². The number of benzene rings is 3. The van der Waals surface area contributed by atoms with Crippen LogP contribution in [0.4, 0.5) is 0 Å². The highest BCUT2D eigenvalue weighted by atomic mass is 32.2. The van der Waals surface area contributed by atoms with Gasteiger partial charge in [-0.05, 0) is 53.4 Å². The van der Waals surface area contributed by atoms with E-state index < -0.39 is 16.0 Å². The molecule has 0 saturated heterocycles. The molecule has 0 saturated carbocycles. The summed E-state index contributed by atoms with van der Waals surface area (Å²) in [5, 5.41) is 9.74. The van der Waals surface area contributed by atoms with Crippen molar-refractivity contribution in [3.63, 3.8) is 0 Å². The fourth-order valence-electron chi connectivity index (χ4n) is 3.59. The van der Waals surface area contributed by atoms with Crippen molar-refractivity contribution < 1.29 is 23.1 Å². The van der Waals surface area contributed by atoms with Crippen LogP contribution >= 0.6 is 0 Å². The molecule has 0 spiro atoms. The molecule has 0 aliphatic heterocycles. The van der Waals surface area contributed by atoms with Crippen LogP contribution < -0.4 is 4.74 Å². The van der Waals surface area contributed by atoms with Gasteiger partial charge in [-0.1, -0.05) is 42.5 Å². The predicted octanol–water partition coefficient (Wildman–Crippen LogP) is 4.57. The highest BCUT2D eigenvalue weighted by Gasteiger charge is 2.22. The second-order valence-corrected chi connectivity index (χ2v) is 8.94. The number of aromatic nitrogens is 1. The molecular weight excluding hydrogens is 414 g/mol. The molecule has 0 aliphatic rings. The lowest BCUT2D eigenvalue weighted by atomic mass is 10.1. The van der Waals surface area contributed by atoms with E-state index in [2.05, 4.69) is 0 Å². The maximum atomic E-state index is 13.6. The van der Waals surface area contributed by atoms with Gasteiger partial charge in [0, 0.05) is 18.0 Å². The Morgan fingerprint density at radius 2 is 1.71 bits per heavy atom. The summed E-state index contributed by atoms with van der Waals surface area (Å²) in [5.74, 6) is -0.368. The van der Waals surface area contributed by atoms with E-state index in [1.165, 1.54) is 17.3 Å². The van der Waals surface area contributed by atoms with Crippen molar-refractivity contribution in [3.05, 3.63) is 84.6 Å². The topological polar surface area (TPSA) is 85.6 Å². The smallest absolute Gasteiger partial charge is 0.303 e. The van der Waals surface area contributed by atoms with Crippen LogP contribution in [0.3, 0.4) is 0 Å². The van der Waals surface area contributed by atoms with E-state index in [9.17, 15) is 13.2 Å². The zero-order valence-corrected chi connectivity index (χ0v) is 17.7. The zero-order valence-electron chi connectivity index (χ0n) is 16.9. The number of hydrogen-bond donors (Lipinski definition) is 1. The van der Waals surface area contributed by atoms with E-state index in [-0.39, 0.29) is 17.7 Å². The fraction of sp³-hybridized carbons (Fsp3) is 0.125.